The summed E-state index contributed by atoms with van der Waals surface area (Å²) in [5.41, 5.74) is 6.56. The molecular weight excluding hydrogens is 336 g/mol. The highest BCUT2D eigenvalue weighted by Crippen LogP contribution is 2.33. The van der Waals surface area contributed by atoms with Crippen LogP contribution in [0.3, 0.4) is 0 Å². The fourth-order valence-corrected chi connectivity index (χ4v) is 3.45. The maximum Gasteiger partial charge on any atom is 0.223 e. The largest absolute Gasteiger partial charge is 0.471 e. The van der Waals surface area contributed by atoms with Gasteiger partial charge in [-0.25, -0.2) is 18.5 Å². The van der Waals surface area contributed by atoms with Gasteiger partial charge in [0.05, 0.1) is 16.4 Å². The molecule has 2 aromatic heterocycles. The van der Waals surface area contributed by atoms with Crippen LogP contribution in [0, 0.1) is 0 Å². The molecule has 124 valence electrons. The van der Waals surface area contributed by atoms with Gasteiger partial charge >= 0.3 is 0 Å². The van der Waals surface area contributed by atoms with Gasteiger partial charge < -0.3 is 10.5 Å². The lowest BCUT2D eigenvalue weighted by molar-refractivity contribution is 0.0776. The summed E-state index contributed by atoms with van der Waals surface area (Å²) in [7, 11) is -0.961. The van der Waals surface area contributed by atoms with E-state index < -0.39 is 16.5 Å². The molecule has 3 rings (SSSR count). The van der Waals surface area contributed by atoms with E-state index in [-0.39, 0.29) is 6.10 Å². The smallest absolute Gasteiger partial charge is 0.223 e. The van der Waals surface area contributed by atoms with E-state index in [9.17, 15) is 4.21 Å². The van der Waals surface area contributed by atoms with Crippen LogP contribution in [-0.2, 0) is 16.5 Å². The molecule has 1 fully saturated rings. The quantitative estimate of drug-likeness (QED) is 0.847. The van der Waals surface area contributed by atoms with Crippen LogP contribution < -0.4 is 10.5 Å². The summed E-state index contributed by atoms with van der Waals surface area (Å²) in [4.78, 5) is 8.55. The molecule has 1 atom stereocenters. The van der Waals surface area contributed by atoms with Gasteiger partial charge in [0.25, 0.3) is 0 Å². The lowest BCUT2D eigenvalue weighted by Gasteiger charge is -2.36. The molecule has 0 aromatic carbocycles. The van der Waals surface area contributed by atoms with E-state index in [2.05, 4.69) is 9.97 Å². The minimum atomic E-state index is -0.961. The summed E-state index contributed by atoms with van der Waals surface area (Å²) in [5, 5.41) is 2.07. The molecule has 2 aromatic rings. The number of fused-ring (bicyclic) bond motifs is 1. The molecule has 1 aliphatic heterocycles. The molecule has 6 nitrogen and oxygen atoms in total. The van der Waals surface area contributed by atoms with Crippen molar-refractivity contribution >= 4 is 33.4 Å². The maximum absolute atomic E-state index is 11.4. The summed E-state index contributed by atoms with van der Waals surface area (Å²) in [6.07, 6.45) is 5.02. The molecule has 0 saturated carbocycles. The number of ether oxygens (including phenoxy) is 1. The zero-order valence-electron chi connectivity index (χ0n) is 13.2. The Hall–Kier alpha value is -1.28. The molecule has 1 unspecified atom stereocenters. The van der Waals surface area contributed by atoms with Crippen LogP contribution in [0.5, 0.6) is 5.88 Å². The maximum atomic E-state index is 11.4. The highest BCUT2D eigenvalue weighted by atomic mass is 35.5. The molecule has 3 heterocycles. The summed E-state index contributed by atoms with van der Waals surface area (Å²) in [6.45, 7) is 5.08. The van der Waals surface area contributed by atoms with Gasteiger partial charge in [0.1, 0.15) is 11.3 Å². The van der Waals surface area contributed by atoms with Crippen LogP contribution in [0.15, 0.2) is 18.5 Å². The summed E-state index contributed by atoms with van der Waals surface area (Å²) in [5.74, 6) is 0.503. The molecule has 1 aliphatic rings. The second-order valence-electron chi connectivity index (χ2n) is 6.26. The average Bonchev–Trinajstić information content (AvgIpc) is 2.39. The van der Waals surface area contributed by atoms with Gasteiger partial charge in [-0.3, -0.25) is 0 Å². The molecule has 23 heavy (non-hydrogen) atoms. The molecule has 0 spiro atoms. The Morgan fingerprint density at radius 2 is 2.04 bits per heavy atom. The Kier molecular flexibility index (Phi) is 4.31. The molecule has 0 amide bonds. The molecule has 8 heteroatoms. The number of nitrogens with two attached hydrogens (primary N) is 1. The van der Waals surface area contributed by atoms with E-state index in [1.54, 1.807) is 24.7 Å². The second-order valence-corrected chi connectivity index (χ2v) is 8.01. The van der Waals surface area contributed by atoms with Crippen molar-refractivity contribution in [3.8, 4) is 5.88 Å². The summed E-state index contributed by atoms with van der Waals surface area (Å²) >= 11 is 6.04. The van der Waals surface area contributed by atoms with E-state index in [0.717, 1.165) is 16.3 Å². The molecular formula is C15H19ClN4O2S. The fraction of sp³-hybridized carbons (Fsp3) is 0.467. The number of nitrogens with zero attached hydrogens (tertiary/aromatic N) is 3. The molecule has 0 bridgehead atoms. The van der Waals surface area contributed by atoms with Crippen LogP contribution in [0.1, 0.15) is 19.4 Å². The van der Waals surface area contributed by atoms with E-state index in [1.807, 2.05) is 18.2 Å². The van der Waals surface area contributed by atoms with E-state index in [1.165, 1.54) is 0 Å². The van der Waals surface area contributed by atoms with E-state index >= 15 is 0 Å². The first-order chi connectivity index (χ1) is 10.8. The van der Waals surface area contributed by atoms with E-state index in [4.69, 9.17) is 22.1 Å². The fourth-order valence-electron chi connectivity index (χ4n) is 2.54. The third-order valence-electron chi connectivity index (χ3n) is 3.85. The van der Waals surface area contributed by atoms with Crippen molar-refractivity contribution in [2.24, 2.45) is 5.73 Å². The minimum Gasteiger partial charge on any atom is -0.471 e. The number of aromatic nitrogens is 2. The average molecular weight is 355 g/mol. The number of pyridine rings is 2. The second kappa shape index (κ2) is 5.98. The first kappa shape index (κ1) is 16.6. The number of hydrogen-bond donors (Lipinski definition) is 1. The van der Waals surface area contributed by atoms with Crippen LogP contribution in [0.2, 0.25) is 5.15 Å². The van der Waals surface area contributed by atoms with E-state index in [0.29, 0.717) is 24.1 Å². The molecule has 1 saturated heterocycles. The Morgan fingerprint density at radius 1 is 1.35 bits per heavy atom. The minimum absolute atomic E-state index is 0.0259. The van der Waals surface area contributed by atoms with Crippen LogP contribution >= 0.6 is 11.6 Å². The first-order valence-electron chi connectivity index (χ1n) is 7.24. The first-order valence-corrected chi connectivity index (χ1v) is 9.14. The zero-order chi connectivity index (χ0) is 16.8. The predicted molar refractivity (Wildman–Crippen MR) is 91.8 cm³/mol. The number of rotatable bonds is 4. The van der Waals surface area contributed by atoms with Crippen molar-refractivity contribution in [2.45, 2.75) is 25.5 Å². The molecule has 2 N–H and O–H groups in total. The van der Waals surface area contributed by atoms with Gasteiger partial charge in [0.2, 0.25) is 5.88 Å². The SMILES string of the molecule is CS(=O)N1CC(Oc2ncc(C(C)(C)N)c3cc(Cl)ncc23)C1. The van der Waals surface area contributed by atoms with Gasteiger partial charge in [-0.2, -0.15) is 0 Å². The highest BCUT2D eigenvalue weighted by Gasteiger charge is 2.32. The van der Waals surface area contributed by atoms with Crippen LogP contribution in [0.25, 0.3) is 10.8 Å². The van der Waals surface area contributed by atoms with Crippen LogP contribution in [0.4, 0.5) is 0 Å². The Labute approximate surface area is 142 Å². The third kappa shape index (κ3) is 3.33. The van der Waals surface area contributed by atoms with Crippen molar-refractivity contribution in [3.05, 3.63) is 29.2 Å². The van der Waals surface area contributed by atoms with Crippen molar-refractivity contribution < 1.29 is 8.95 Å². The lowest BCUT2D eigenvalue weighted by atomic mass is 9.93. The van der Waals surface area contributed by atoms with Gasteiger partial charge in [0.15, 0.2) is 0 Å². The predicted octanol–water partition coefficient (Wildman–Crippen LogP) is 1.83. The summed E-state index contributed by atoms with van der Waals surface area (Å²) in [6, 6.07) is 1.78. The Balaban J connectivity index is 1.95. The number of hydrogen-bond acceptors (Lipinski definition) is 5. The standard InChI is InChI=1S/C15H19ClN4O2S/c1-15(2,17)12-6-19-14(11-5-18-13(16)4-10(11)12)22-9-7-20(8-9)23(3)21/h4-6,9H,7-8,17H2,1-3H3. The van der Waals surface area contributed by atoms with Crippen molar-refractivity contribution in [1.82, 2.24) is 14.3 Å². The van der Waals surface area contributed by atoms with Gasteiger partial charge in [0, 0.05) is 37.3 Å². The Morgan fingerprint density at radius 3 is 2.65 bits per heavy atom. The lowest BCUT2D eigenvalue weighted by Crippen LogP contribution is -2.54. The van der Waals surface area contributed by atoms with Gasteiger partial charge in [-0.15, -0.1) is 0 Å². The van der Waals surface area contributed by atoms with Crippen molar-refractivity contribution in [1.29, 1.82) is 0 Å². The summed E-state index contributed by atoms with van der Waals surface area (Å²) < 4.78 is 19.1. The normalized spacial score (nSPS) is 18.0. The Bertz CT molecular complexity index is 772. The van der Waals surface area contributed by atoms with Crippen molar-refractivity contribution in [3.63, 3.8) is 0 Å². The van der Waals surface area contributed by atoms with Crippen molar-refractivity contribution in [2.75, 3.05) is 19.3 Å². The van der Waals surface area contributed by atoms with Gasteiger partial charge in [-0.05, 0) is 30.9 Å². The highest BCUT2D eigenvalue weighted by molar-refractivity contribution is 7.81. The topological polar surface area (TPSA) is 81.3 Å². The molecule has 0 aliphatic carbocycles. The molecule has 0 radical (unpaired) electrons. The number of halogens is 1. The van der Waals surface area contributed by atoms with Crippen LogP contribution in [-0.4, -0.2) is 43.9 Å². The van der Waals surface area contributed by atoms with Gasteiger partial charge in [-0.1, -0.05) is 11.6 Å². The zero-order valence-corrected chi connectivity index (χ0v) is 14.8. The monoisotopic (exact) mass is 354 g/mol. The third-order valence-corrected chi connectivity index (χ3v) is 5.08.